The van der Waals surface area contributed by atoms with Crippen LogP contribution < -0.4 is 10.1 Å². The summed E-state index contributed by atoms with van der Waals surface area (Å²) in [6.45, 7) is 2.14. The third-order valence-electron chi connectivity index (χ3n) is 3.99. The molecule has 0 aliphatic carbocycles. The van der Waals surface area contributed by atoms with Gasteiger partial charge in [0.25, 0.3) is 5.95 Å². The highest BCUT2D eigenvalue weighted by Crippen LogP contribution is 2.25. The Hall–Kier alpha value is -4.02. The first-order valence-electron chi connectivity index (χ1n) is 8.88. The number of carbonyl (C=O) groups is 1. The molecule has 1 amide bonds. The standard InChI is InChI=1S/C18H18N8O3/c1-3-28-18(27)21-15-10-6-7-12(19-15)11-29-17-20-13-8-4-5-9-14(13)26(17)16-22-23-24-25(16)2/h4-10H,3,11H2,1-2H3,(H,19,21,27). The van der Waals surface area contributed by atoms with E-state index < -0.39 is 6.09 Å². The lowest BCUT2D eigenvalue weighted by Crippen LogP contribution is -2.15. The average molecular weight is 394 g/mol. The van der Waals surface area contributed by atoms with Crippen LogP contribution >= 0.6 is 0 Å². The smallest absolute Gasteiger partial charge is 0.412 e. The van der Waals surface area contributed by atoms with Crippen molar-refractivity contribution in [2.75, 3.05) is 11.9 Å². The van der Waals surface area contributed by atoms with Gasteiger partial charge in [-0.1, -0.05) is 23.3 Å². The number of hydrogen-bond donors (Lipinski definition) is 1. The Labute approximate surface area is 165 Å². The molecule has 11 heteroatoms. The molecule has 1 aromatic carbocycles. The van der Waals surface area contributed by atoms with Crippen LogP contribution in [0.2, 0.25) is 0 Å². The lowest BCUT2D eigenvalue weighted by atomic mass is 10.3. The van der Waals surface area contributed by atoms with Crippen molar-refractivity contribution in [1.82, 2.24) is 34.7 Å². The van der Waals surface area contributed by atoms with E-state index in [0.29, 0.717) is 23.5 Å². The van der Waals surface area contributed by atoms with Crippen LogP contribution in [0.4, 0.5) is 10.6 Å². The van der Waals surface area contributed by atoms with Crippen molar-refractivity contribution in [2.24, 2.45) is 7.05 Å². The minimum atomic E-state index is -0.561. The number of para-hydroxylation sites is 2. The first-order valence-corrected chi connectivity index (χ1v) is 8.88. The van der Waals surface area contributed by atoms with Crippen LogP contribution in [-0.4, -0.2) is 47.4 Å². The first kappa shape index (κ1) is 18.3. The molecule has 0 radical (unpaired) electrons. The highest BCUT2D eigenvalue weighted by Gasteiger charge is 2.18. The summed E-state index contributed by atoms with van der Waals surface area (Å²) in [6.07, 6.45) is -0.561. The molecule has 3 heterocycles. The summed E-state index contributed by atoms with van der Waals surface area (Å²) in [6, 6.07) is 13.1. The Morgan fingerprint density at radius 2 is 2.00 bits per heavy atom. The van der Waals surface area contributed by atoms with Crippen molar-refractivity contribution >= 4 is 22.9 Å². The molecule has 0 aliphatic rings. The van der Waals surface area contributed by atoms with Gasteiger partial charge in [-0.3, -0.25) is 5.32 Å². The average Bonchev–Trinajstić information content (AvgIpc) is 3.29. The van der Waals surface area contributed by atoms with Gasteiger partial charge in [0, 0.05) is 7.05 Å². The molecule has 4 aromatic rings. The summed E-state index contributed by atoms with van der Waals surface area (Å²) >= 11 is 0. The predicted octanol–water partition coefficient (Wildman–Crippen LogP) is 2.09. The maximum absolute atomic E-state index is 11.6. The number of amides is 1. The molecule has 0 unspecified atom stereocenters. The number of benzene rings is 1. The fourth-order valence-corrected chi connectivity index (χ4v) is 2.75. The van der Waals surface area contributed by atoms with Crippen molar-refractivity contribution in [3.05, 3.63) is 48.2 Å². The molecule has 4 rings (SSSR count). The second kappa shape index (κ2) is 7.92. The van der Waals surface area contributed by atoms with Crippen molar-refractivity contribution in [3.63, 3.8) is 0 Å². The molecule has 3 aromatic heterocycles. The summed E-state index contributed by atoms with van der Waals surface area (Å²) in [4.78, 5) is 20.5. The first-order chi connectivity index (χ1) is 14.2. The maximum Gasteiger partial charge on any atom is 0.412 e. The van der Waals surface area contributed by atoms with E-state index in [1.54, 1.807) is 36.7 Å². The van der Waals surface area contributed by atoms with E-state index in [2.05, 4.69) is 30.8 Å². The van der Waals surface area contributed by atoms with E-state index in [1.165, 1.54) is 4.68 Å². The summed E-state index contributed by atoms with van der Waals surface area (Å²) < 4.78 is 14.1. The van der Waals surface area contributed by atoms with E-state index in [-0.39, 0.29) is 13.2 Å². The number of hydrogen-bond acceptors (Lipinski definition) is 8. The topological polar surface area (TPSA) is 122 Å². The molecule has 0 atom stereocenters. The number of imidazole rings is 1. The number of nitrogens with zero attached hydrogens (tertiary/aromatic N) is 7. The molecule has 0 bridgehead atoms. The van der Waals surface area contributed by atoms with E-state index in [9.17, 15) is 4.79 Å². The molecule has 0 saturated carbocycles. The van der Waals surface area contributed by atoms with Gasteiger partial charge in [-0.05, 0) is 41.6 Å². The molecular formula is C18H18N8O3. The minimum Gasteiger partial charge on any atom is -0.458 e. The van der Waals surface area contributed by atoms with Crippen molar-refractivity contribution in [2.45, 2.75) is 13.5 Å². The van der Waals surface area contributed by atoms with Crippen molar-refractivity contribution < 1.29 is 14.3 Å². The Balaban J connectivity index is 1.59. The van der Waals surface area contributed by atoms with Crippen LogP contribution in [0.5, 0.6) is 6.01 Å². The van der Waals surface area contributed by atoms with Gasteiger partial charge in [-0.25, -0.2) is 19.0 Å². The summed E-state index contributed by atoms with van der Waals surface area (Å²) in [7, 11) is 1.74. The number of ether oxygens (including phenoxy) is 2. The lowest BCUT2D eigenvalue weighted by Gasteiger charge is -2.09. The normalized spacial score (nSPS) is 10.8. The van der Waals surface area contributed by atoms with Gasteiger partial charge >= 0.3 is 12.1 Å². The number of tetrazole rings is 1. The van der Waals surface area contributed by atoms with Gasteiger partial charge < -0.3 is 9.47 Å². The number of fused-ring (bicyclic) bond motifs is 1. The summed E-state index contributed by atoms with van der Waals surface area (Å²) in [5.41, 5.74) is 2.16. The summed E-state index contributed by atoms with van der Waals surface area (Å²) in [5.74, 6) is 0.843. The van der Waals surface area contributed by atoms with Gasteiger partial charge in [0.1, 0.15) is 12.4 Å². The fraction of sp³-hybridized carbons (Fsp3) is 0.222. The molecule has 148 valence electrons. The van der Waals surface area contributed by atoms with E-state index in [0.717, 1.165) is 11.0 Å². The largest absolute Gasteiger partial charge is 0.458 e. The number of pyridine rings is 1. The maximum atomic E-state index is 11.6. The third-order valence-corrected chi connectivity index (χ3v) is 3.99. The zero-order valence-corrected chi connectivity index (χ0v) is 15.8. The molecule has 29 heavy (non-hydrogen) atoms. The van der Waals surface area contributed by atoms with E-state index in [1.807, 2.05) is 24.3 Å². The van der Waals surface area contributed by atoms with E-state index in [4.69, 9.17) is 9.47 Å². The molecule has 0 spiro atoms. The molecule has 0 aliphatic heterocycles. The van der Waals surface area contributed by atoms with Gasteiger partial charge in [-0.2, -0.15) is 4.98 Å². The Morgan fingerprint density at radius 1 is 1.14 bits per heavy atom. The Bertz CT molecular complexity index is 1150. The van der Waals surface area contributed by atoms with Crippen LogP contribution in [0.1, 0.15) is 12.6 Å². The van der Waals surface area contributed by atoms with Crippen LogP contribution in [0.25, 0.3) is 17.0 Å². The van der Waals surface area contributed by atoms with Gasteiger partial charge in [0.2, 0.25) is 0 Å². The second-order valence-corrected chi connectivity index (χ2v) is 5.97. The predicted molar refractivity (Wildman–Crippen MR) is 103 cm³/mol. The van der Waals surface area contributed by atoms with E-state index >= 15 is 0 Å². The summed E-state index contributed by atoms with van der Waals surface area (Å²) in [5, 5.41) is 14.2. The highest BCUT2D eigenvalue weighted by molar-refractivity contribution is 5.83. The molecule has 1 N–H and O–H groups in total. The number of aromatic nitrogens is 7. The highest BCUT2D eigenvalue weighted by atomic mass is 16.5. The van der Waals surface area contributed by atoms with Crippen LogP contribution in [0.15, 0.2) is 42.5 Å². The van der Waals surface area contributed by atoms with Gasteiger partial charge in [0.05, 0.1) is 23.3 Å². The number of aryl methyl sites for hydroxylation is 1. The second-order valence-electron chi connectivity index (χ2n) is 5.97. The van der Waals surface area contributed by atoms with Crippen LogP contribution in [0.3, 0.4) is 0 Å². The van der Waals surface area contributed by atoms with Crippen molar-refractivity contribution in [1.29, 1.82) is 0 Å². The molecule has 0 fully saturated rings. The Morgan fingerprint density at radius 3 is 2.79 bits per heavy atom. The van der Waals surface area contributed by atoms with Crippen molar-refractivity contribution in [3.8, 4) is 12.0 Å². The van der Waals surface area contributed by atoms with Gasteiger partial charge in [-0.15, -0.1) is 0 Å². The van der Waals surface area contributed by atoms with Crippen LogP contribution in [-0.2, 0) is 18.4 Å². The Kier molecular flexibility index (Phi) is 5.01. The number of rotatable bonds is 6. The third kappa shape index (κ3) is 3.83. The minimum absolute atomic E-state index is 0.132. The SMILES string of the molecule is CCOC(=O)Nc1cccc(COc2nc3ccccc3n2-c2nnnn2C)n1. The van der Waals surface area contributed by atoms with Crippen LogP contribution in [0, 0.1) is 0 Å². The molecular weight excluding hydrogens is 376 g/mol. The fourth-order valence-electron chi connectivity index (χ4n) is 2.75. The zero-order valence-electron chi connectivity index (χ0n) is 15.8. The number of carbonyl (C=O) groups excluding carboxylic acids is 1. The molecule has 0 saturated heterocycles. The zero-order chi connectivity index (χ0) is 20.2. The van der Waals surface area contributed by atoms with Gasteiger partial charge in [0.15, 0.2) is 0 Å². The quantitative estimate of drug-likeness (QED) is 0.527. The molecule has 11 nitrogen and oxygen atoms in total. The monoisotopic (exact) mass is 394 g/mol. The lowest BCUT2D eigenvalue weighted by molar-refractivity contribution is 0.168. The number of anilines is 1. The number of nitrogens with one attached hydrogen (secondary N) is 1.